The Morgan fingerprint density at radius 2 is 1.65 bits per heavy atom. The smallest absolute Gasteiger partial charge is 0.256 e. The van der Waals surface area contributed by atoms with Crippen LogP contribution in [0.25, 0.3) is 22.2 Å². The summed E-state index contributed by atoms with van der Waals surface area (Å²) < 4.78 is 10.7. The van der Waals surface area contributed by atoms with Gasteiger partial charge in [0.2, 0.25) is 0 Å². The molecule has 7 heteroatoms. The van der Waals surface area contributed by atoms with Gasteiger partial charge in [-0.1, -0.05) is 41.4 Å². The van der Waals surface area contributed by atoms with Crippen LogP contribution in [-0.4, -0.2) is 25.1 Å². The number of ether oxygens (including phenoxy) is 2. The first kappa shape index (κ1) is 21.0. The quantitative estimate of drug-likeness (QED) is 0.376. The van der Waals surface area contributed by atoms with E-state index in [1.54, 1.807) is 44.6 Å². The molecule has 0 saturated carbocycles. The lowest BCUT2D eigenvalue weighted by atomic mass is 10.0. The third-order valence-electron chi connectivity index (χ3n) is 4.82. The average molecular weight is 453 g/mol. The zero-order valence-corrected chi connectivity index (χ0v) is 18.3. The molecule has 0 aliphatic heterocycles. The monoisotopic (exact) mass is 452 g/mol. The number of hydrogen-bond acceptors (Lipinski definition) is 4. The van der Waals surface area contributed by atoms with E-state index in [2.05, 4.69) is 5.32 Å². The molecular weight excluding hydrogens is 435 g/mol. The Kier molecular flexibility index (Phi) is 5.98. The molecule has 0 saturated heterocycles. The predicted octanol–water partition coefficient (Wildman–Crippen LogP) is 6.48. The van der Waals surface area contributed by atoms with Gasteiger partial charge in [0, 0.05) is 16.6 Å². The molecule has 1 heterocycles. The van der Waals surface area contributed by atoms with Crippen molar-refractivity contribution in [2.45, 2.75) is 0 Å². The molecule has 0 atom stereocenters. The van der Waals surface area contributed by atoms with Gasteiger partial charge in [0.1, 0.15) is 0 Å². The molecule has 1 amide bonds. The minimum Gasteiger partial charge on any atom is -0.493 e. The van der Waals surface area contributed by atoms with Gasteiger partial charge in [-0.05, 0) is 48.5 Å². The van der Waals surface area contributed by atoms with E-state index in [1.807, 2.05) is 36.4 Å². The molecule has 0 fully saturated rings. The summed E-state index contributed by atoms with van der Waals surface area (Å²) >= 11 is 12.1. The fourth-order valence-electron chi connectivity index (χ4n) is 3.28. The number of aromatic nitrogens is 1. The van der Waals surface area contributed by atoms with Gasteiger partial charge in [0.25, 0.3) is 5.91 Å². The van der Waals surface area contributed by atoms with Crippen molar-refractivity contribution in [2.75, 3.05) is 19.5 Å². The fraction of sp³-hybridized carbons (Fsp3) is 0.0833. The maximum absolute atomic E-state index is 13.2. The van der Waals surface area contributed by atoms with Gasteiger partial charge in [0.05, 0.1) is 41.0 Å². The van der Waals surface area contributed by atoms with Crippen molar-refractivity contribution in [3.63, 3.8) is 0 Å². The molecule has 5 nitrogen and oxygen atoms in total. The number of amides is 1. The Morgan fingerprint density at radius 1 is 0.871 bits per heavy atom. The lowest BCUT2D eigenvalue weighted by Crippen LogP contribution is -2.13. The zero-order valence-electron chi connectivity index (χ0n) is 16.8. The highest BCUT2D eigenvalue weighted by Gasteiger charge is 2.16. The van der Waals surface area contributed by atoms with Crippen molar-refractivity contribution in [1.82, 2.24) is 4.98 Å². The lowest BCUT2D eigenvalue weighted by molar-refractivity contribution is 0.102. The van der Waals surface area contributed by atoms with Gasteiger partial charge in [-0.3, -0.25) is 4.79 Å². The highest BCUT2D eigenvalue weighted by atomic mass is 35.5. The van der Waals surface area contributed by atoms with E-state index < -0.39 is 0 Å². The van der Waals surface area contributed by atoms with E-state index in [4.69, 9.17) is 37.7 Å². The van der Waals surface area contributed by atoms with Crippen LogP contribution in [0, 0.1) is 0 Å². The summed E-state index contributed by atoms with van der Waals surface area (Å²) in [6.45, 7) is 0. The highest BCUT2D eigenvalue weighted by Crippen LogP contribution is 2.33. The van der Waals surface area contributed by atoms with Crippen molar-refractivity contribution in [3.05, 3.63) is 82.3 Å². The molecule has 4 aromatic rings. The molecule has 3 aromatic carbocycles. The number of hydrogen-bond donors (Lipinski definition) is 1. The van der Waals surface area contributed by atoms with Gasteiger partial charge in [0.15, 0.2) is 11.5 Å². The number of halogens is 2. The van der Waals surface area contributed by atoms with Crippen LogP contribution in [0.3, 0.4) is 0 Å². The Hall–Kier alpha value is -3.28. The van der Waals surface area contributed by atoms with Crippen molar-refractivity contribution in [1.29, 1.82) is 0 Å². The molecule has 4 rings (SSSR count). The number of carbonyl (C=O) groups excluding carboxylic acids is 1. The standard InChI is InChI=1S/C24H18Cl2N2O3/c1-30-22-10-7-14(11-23(22)31-2)21-13-17(16-5-3-4-6-20(16)28-21)24(29)27-15-8-9-18(25)19(26)12-15/h3-13H,1-2H3,(H,27,29). The Balaban J connectivity index is 1.80. The van der Waals surface area contributed by atoms with Crippen molar-refractivity contribution in [2.24, 2.45) is 0 Å². The van der Waals surface area contributed by atoms with E-state index in [0.717, 1.165) is 10.9 Å². The van der Waals surface area contributed by atoms with Gasteiger partial charge in [-0.15, -0.1) is 0 Å². The van der Waals surface area contributed by atoms with Crippen LogP contribution >= 0.6 is 23.2 Å². The van der Waals surface area contributed by atoms with Crippen LogP contribution in [0.1, 0.15) is 10.4 Å². The first-order valence-corrected chi connectivity index (χ1v) is 10.1. The zero-order chi connectivity index (χ0) is 22.0. The van der Waals surface area contributed by atoms with E-state index in [-0.39, 0.29) is 5.91 Å². The van der Waals surface area contributed by atoms with Crippen LogP contribution in [0.15, 0.2) is 66.7 Å². The summed E-state index contributed by atoms with van der Waals surface area (Å²) in [5.41, 5.74) is 3.18. The second-order valence-corrected chi connectivity index (χ2v) is 7.54. The first-order valence-electron chi connectivity index (χ1n) is 9.38. The van der Waals surface area contributed by atoms with Gasteiger partial charge in [-0.25, -0.2) is 4.98 Å². The number of pyridine rings is 1. The second kappa shape index (κ2) is 8.84. The largest absolute Gasteiger partial charge is 0.493 e. The predicted molar refractivity (Wildman–Crippen MR) is 125 cm³/mol. The Labute approximate surface area is 189 Å². The minimum atomic E-state index is -0.279. The minimum absolute atomic E-state index is 0.279. The summed E-state index contributed by atoms with van der Waals surface area (Å²) in [4.78, 5) is 17.9. The number of anilines is 1. The normalized spacial score (nSPS) is 10.7. The van der Waals surface area contributed by atoms with Crippen molar-refractivity contribution < 1.29 is 14.3 Å². The van der Waals surface area contributed by atoms with Crippen LogP contribution in [0.2, 0.25) is 10.0 Å². The number of carbonyl (C=O) groups is 1. The third kappa shape index (κ3) is 4.29. The van der Waals surface area contributed by atoms with E-state index in [0.29, 0.717) is 44.0 Å². The van der Waals surface area contributed by atoms with Crippen LogP contribution < -0.4 is 14.8 Å². The molecule has 0 bridgehead atoms. The molecule has 0 unspecified atom stereocenters. The SMILES string of the molecule is COc1ccc(-c2cc(C(=O)Nc3ccc(Cl)c(Cl)c3)c3ccccc3n2)cc1OC. The fourth-order valence-corrected chi connectivity index (χ4v) is 3.58. The molecule has 0 aliphatic rings. The van der Waals surface area contributed by atoms with Crippen molar-refractivity contribution in [3.8, 4) is 22.8 Å². The third-order valence-corrected chi connectivity index (χ3v) is 5.56. The molecule has 0 spiro atoms. The maximum Gasteiger partial charge on any atom is 0.256 e. The molecular formula is C24H18Cl2N2O3. The topological polar surface area (TPSA) is 60.5 Å². The van der Waals surface area contributed by atoms with Crippen LogP contribution in [-0.2, 0) is 0 Å². The van der Waals surface area contributed by atoms with Crippen LogP contribution in [0.5, 0.6) is 11.5 Å². The Morgan fingerprint density at radius 3 is 2.39 bits per heavy atom. The summed E-state index contributed by atoms with van der Waals surface area (Å²) in [5.74, 6) is 0.917. The summed E-state index contributed by atoms with van der Waals surface area (Å²) in [6.07, 6.45) is 0. The number of rotatable bonds is 5. The molecule has 1 aromatic heterocycles. The summed E-state index contributed by atoms with van der Waals surface area (Å²) in [6, 6.07) is 19.7. The lowest BCUT2D eigenvalue weighted by Gasteiger charge is -2.13. The first-order chi connectivity index (χ1) is 15.0. The van der Waals surface area contributed by atoms with Gasteiger partial charge in [-0.2, -0.15) is 0 Å². The van der Waals surface area contributed by atoms with Crippen LogP contribution in [0.4, 0.5) is 5.69 Å². The molecule has 1 N–H and O–H groups in total. The molecule has 0 aliphatic carbocycles. The summed E-state index contributed by atoms with van der Waals surface area (Å²) in [5, 5.41) is 4.41. The molecule has 0 radical (unpaired) electrons. The molecule has 156 valence electrons. The number of nitrogens with one attached hydrogen (secondary N) is 1. The number of benzene rings is 3. The summed E-state index contributed by atoms with van der Waals surface area (Å²) in [7, 11) is 3.16. The van der Waals surface area contributed by atoms with E-state index in [9.17, 15) is 4.79 Å². The van der Waals surface area contributed by atoms with E-state index in [1.165, 1.54) is 0 Å². The Bertz CT molecular complexity index is 1290. The number of fused-ring (bicyclic) bond motifs is 1. The number of methoxy groups -OCH3 is 2. The van der Waals surface area contributed by atoms with Gasteiger partial charge >= 0.3 is 0 Å². The number of nitrogens with zero attached hydrogens (tertiary/aromatic N) is 1. The molecule has 31 heavy (non-hydrogen) atoms. The van der Waals surface area contributed by atoms with Gasteiger partial charge < -0.3 is 14.8 Å². The number of para-hydroxylation sites is 1. The highest BCUT2D eigenvalue weighted by molar-refractivity contribution is 6.42. The second-order valence-electron chi connectivity index (χ2n) is 6.72. The van der Waals surface area contributed by atoms with E-state index >= 15 is 0 Å². The average Bonchev–Trinajstić information content (AvgIpc) is 2.80. The maximum atomic E-state index is 13.2. The van der Waals surface area contributed by atoms with Crippen molar-refractivity contribution >= 4 is 45.7 Å².